The average Bonchev–Trinajstić information content (AvgIpc) is 3.02. The Bertz CT molecular complexity index is 735. The van der Waals surface area contributed by atoms with Crippen LogP contribution in [0.4, 0.5) is 10.2 Å². The molecule has 2 unspecified atom stereocenters. The maximum Gasteiger partial charge on any atom is 0.259 e. The third-order valence-corrected chi connectivity index (χ3v) is 4.54. The molecule has 0 radical (unpaired) electrons. The number of amides is 1. The maximum atomic E-state index is 13.1. The summed E-state index contributed by atoms with van der Waals surface area (Å²) in [6.45, 7) is 0.745. The van der Waals surface area contributed by atoms with E-state index in [1.54, 1.807) is 4.90 Å². The van der Waals surface area contributed by atoms with Gasteiger partial charge in [-0.25, -0.2) is 9.07 Å². The van der Waals surface area contributed by atoms with E-state index in [1.807, 2.05) is 0 Å². The Balaban J connectivity index is 1.84. The quantitative estimate of drug-likeness (QED) is 0.753. The van der Waals surface area contributed by atoms with E-state index >= 15 is 0 Å². The monoisotopic (exact) mass is 348 g/mol. The summed E-state index contributed by atoms with van der Waals surface area (Å²) in [5.41, 5.74) is 6.88. The highest BCUT2D eigenvalue weighted by Gasteiger charge is 2.31. The van der Waals surface area contributed by atoms with Crippen molar-refractivity contribution < 1.29 is 19.4 Å². The first-order valence-electron chi connectivity index (χ1n) is 8.14. The highest BCUT2D eigenvalue weighted by atomic mass is 19.1. The third-order valence-electron chi connectivity index (χ3n) is 4.54. The van der Waals surface area contributed by atoms with E-state index in [0.29, 0.717) is 25.2 Å². The Morgan fingerprint density at radius 1 is 1.20 bits per heavy atom. The number of likely N-dealkylation sites (tertiary alicyclic amines) is 1. The van der Waals surface area contributed by atoms with Crippen molar-refractivity contribution in [3.05, 3.63) is 41.8 Å². The van der Waals surface area contributed by atoms with Crippen LogP contribution in [0, 0.1) is 17.7 Å². The first-order chi connectivity index (χ1) is 12.0. The highest BCUT2D eigenvalue weighted by Crippen LogP contribution is 2.25. The minimum atomic E-state index is -0.371. The molecule has 1 amide bonds. The number of hydrogen-bond acceptors (Lipinski definition) is 5. The van der Waals surface area contributed by atoms with Crippen molar-refractivity contribution in [2.75, 3.05) is 32.0 Å². The molecule has 0 bridgehead atoms. The molecule has 1 aliphatic rings. The van der Waals surface area contributed by atoms with Crippen LogP contribution in [0.15, 0.2) is 30.5 Å². The topological polar surface area (TPSA) is 105 Å². The molecule has 2 aromatic rings. The number of rotatable bonds is 4. The number of nitrogens with zero attached hydrogens (tertiary/aromatic N) is 3. The van der Waals surface area contributed by atoms with Crippen molar-refractivity contribution in [3.63, 3.8) is 0 Å². The van der Waals surface area contributed by atoms with E-state index in [-0.39, 0.29) is 48.2 Å². The number of carbonyl (C=O) groups excluding carboxylic acids is 1. The van der Waals surface area contributed by atoms with Gasteiger partial charge in [-0.05, 0) is 30.7 Å². The zero-order valence-electron chi connectivity index (χ0n) is 13.7. The summed E-state index contributed by atoms with van der Waals surface area (Å²) in [6.07, 6.45) is 2.07. The molecular weight excluding hydrogens is 327 g/mol. The summed E-state index contributed by atoms with van der Waals surface area (Å²) in [5.74, 6) is -0.624. The number of nitrogen functional groups attached to an aromatic ring is 1. The Morgan fingerprint density at radius 2 is 1.80 bits per heavy atom. The Hall–Kier alpha value is -2.45. The number of hydrogen-bond donors (Lipinski definition) is 3. The Kier molecular flexibility index (Phi) is 5.00. The summed E-state index contributed by atoms with van der Waals surface area (Å²) in [6, 6.07) is 5.63. The molecule has 4 N–H and O–H groups in total. The maximum absolute atomic E-state index is 13.1. The normalized spacial score (nSPS) is 20.7. The second kappa shape index (κ2) is 7.20. The van der Waals surface area contributed by atoms with E-state index in [1.165, 1.54) is 35.1 Å². The van der Waals surface area contributed by atoms with E-state index in [9.17, 15) is 19.4 Å². The molecule has 1 saturated heterocycles. The summed E-state index contributed by atoms with van der Waals surface area (Å²) >= 11 is 0. The van der Waals surface area contributed by atoms with Crippen LogP contribution < -0.4 is 5.73 Å². The first kappa shape index (κ1) is 17.4. The molecule has 1 aliphatic heterocycles. The van der Waals surface area contributed by atoms with E-state index in [0.717, 1.165) is 0 Å². The fraction of sp³-hybridized carbons (Fsp3) is 0.412. The number of piperidine rings is 1. The Morgan fingerprint density at radius 3 is 2.36 bits per heavy atom. The molecule has 0 spiro atoms. The number of aromatic nitrogens is 2. The molecular formula is C17H21FN4O3. The van der Waals surface area contributed by atoms with Gasteiger partial charge in [0.2, 0.25) is 0 Å². The molecule has 1 aromatic heterocycles. The fourth-order valence-corrected chi connectivity index (χ4v) is 3.23. The molecule has 8 heteroatoms. The molecule has 1 aromatic carbocycles. The van der Waals surface area contributed by atoms with Crippen molar-refractivity contribution in [2.24, 2.45) is 11.8 Å². The van der Waals surface area contributed by atoms with E-state index in [2.05, 4.69) is 5.10 Å². The van der Waals surface area contributed by atoms with Crippen LogP contribution in [-0.4, -0.2) is 57.1 Å². The third kappa shape index (κ3) is 3.49. The van der Waals surface area contributed by atoms with Gasteiger partial charge < -0.3 is 20.8 Å². The highest BCUT2D eigenvalue weighted by molar-refractivity contribution is 5.98. The standard InChI is InChI=1S/C17H21FN4O3/c18-13-1-3-14(4-2-13)22-16(19)15(6-20-22)17(25)21-7-11(9-23)5-12(8-21)10-24/h1-4,6,11-12,23-24H,5,7-10,19H2. The molecule has 2 atom stereocenters. The molecule has 7 nitrogen and oxygen atoms in total. The second-order valence-corrected chi connectivity index (χ2v) is 6.37. The van der Waals surface area contributed by atoms with Crippen molar-refractivity contribution in [1.82, 2.24) is 14.7 Å². The zero-order chi connectivity index (χ0) is 18.0. The van der Waals surface area contributed by atoms with Gasteiger partial charge in [-0.3, -0.25) is 4.79 Å². The van der Waals surface area contributed by atoms with Crippen LogP contribution in [0.5, 0.6) is 0 Å². The fourth-order valence-electron chi connectivity index (χ4n) is 3.23. The largest absolute Gasteiger partial charge is 0.396 e. The van der Waals surface area contributed by atoms with E-state index in [4.69, 9.17) is 5.73 Å². The van der Waals surface area contributed by atoms with Gasteiger partial charge in [0, 0.05) is 38.1 Å². The number of carbonyl (C=O) groups is 1. The van der Waals surface area contributed by atoms with Crippen molar-refractivity contribution in [2.45, 2.75) is 6.42 Å². The molecule has 1 fully saturated rings. The van der Waals surface area contributed by atoms with Gasteiger partial charge in [-0.15, -0.1) is 0 Å². The average molecular weight is 348 g/mol. The molecule has 134 valence electrons. The van der Waals surface area contributed by atoms with Gasteiger partial charge in [0.1, 0.15) is 17.2 Å². The number of aliphatic hydroxyl groups is 2. The van der Waals surface area contributed by atoms with Crippen LogP contribution in [0.1, 0.15) is 16.8 Å². The van der Waals surface area contributed by atoms with Crippen LogP contribution in [0.2, 0.25) is 0 Å². The lowest BCUT2D eigenvalue weighted by atomic mass is 9.90. The molecule has 2 heterocycles. The Labute approximate surface area is 144 Å². The number of nitrogens with two attached hydrogens (primary N) is 1. The lowest BCUT2D eigenvalue weighted by molar-refractivity contribution is 0.0416. The van der Waals surface area contributed by atoms with Crippen molar-refractivity contribution in [3.8, 4) is 5.69 Å². The summed E-state index contributed by atoms with van der Waals surface area (Å²) < 4.78 is 14.4. The van der Waals surface area contributed by atoms with Crippen LogP contribution in [0.25, 0.3) is 5.69 Å². The molecule has 0 saturated carbocycles. The molecule has 25 heavy (non-hydrogen) atoms. The number of halogens is 1. The predicted molar refractivity (Wildman–Crippen MR) is 89.6 cm³/mol. The van der Waals surface area contributed by atoms with Gasteiger partial charge in [0.15, 0.2) is 0 Å². The summed E-state index contributed by atoms with van der Waals surface area (Å²) in [4.78, 5) is 14.4. The van der Waals surface area contributed by atoms with Gasteiger partial charge in [0.25, 0.3) is 5.91 Å². The molecule has 3 rings (SSSR count). The minimum Gasteiger partial charge on any atom is -0.396 e. The van der Waals surface area contributed by atoms with Gasteiger partial charge in [-0.1, -0.05) is 0 Å². The SMILES string of the molecule is Nc1c(C(=O)N2CC(CO)CC(CO)C2)cnn1-c1ccc(F)cc1. The van der Waals surface area contributed by atoms with E-state index < -0.39 is 0 Å². The van der Waals surface area contributed by atoms with Crippen LogP contribution >= 0.6 is 0 Å². The summed E-state index contributed by atoms with van der Waals surface area (Å²) in [7, 11) is 0. The second-order valence-electron chi connectivity index (χ2n) is 6.37. The number of aliphatic hydroxyl groups excluding tert-OH is 2. The number of benzene rings is 1. The molecule has 0 aliphatic carbocycles. The van der Waals surface area contributed by atoms with Gasteiger partial charge >= 0.3 is 0 Å². The van der Waals surface area contributed by atoms with Crippen molar-refractivity contribution >= 4 is 11.7 Å². The predicted octanol–water partition coefficient (Wildman–Crippen LogP) is 0.657. The van der Waals surface area contributed by atoms with Gasteiger partial charge in [-0.2, -0.15) is 5.10 Å². The lowest BCUT2D eigenvalue weighted by Crippen LogP contribution is -2.46. The smallest absolute Gasteiger partial charge is 0.259 e. The van der Waals surface area contributed by atoms with Crippen LogP contribution in [0.3, 0.4) is 0 Å². The first-order valence-corrected chi connectivity index (χ1v) is 8.14. The zero-order valence-corrected chi connectivity index (χ0v) is 13.7. The van der Waals surface area contributed by atoms with Gasteiger partial charge in [0.05, 0.1) is 11.9 Å². The number of anilines is 1. The van der Waals surface area contributed by atoms with Crippen molar-refractivity contribution in [1.29, 1.82) is 0 Å². The summed E-state index contributed by atoms with van der Waals surface area (Å²) in [5, 5.41) is 23.0. The lowest BCUT2D eigenvalue weighted by Gasteiger charge is -2.36. The minimum absolute atomic E-state index is 0.0371. The van der Waals surface area contributed by atoms with Crippen LogP contribution in [-0.2, 0) is 0 Å².